The fraction of sp³-hybridized carbons (Fsp3) is 0.235. The van der Waals surface area contributed by atoms with E-state index in [0.29, 0.717) is 12.0 Å². The molecule has 4 N–H and O–H groups in total. The van der Waals surface area contributed by atoms with E-state index >= 15 is 0 Å². The lowest BCUT2D eigenvalue weighted by Gasteiger charge is -2.18. The number of aromatic hydroxyl groups is 1. The number of rotatable bonds is 6. The molecule has 2 aromatic carbocycles. The molecule has 6 nitrogen and oxygen atoms in total. The van der Waals surface area contributed by atoms with Gasteiger partial charge in [0.25, 0.3) is 0 Å². The van der Waals surface area contributed by atoms with Crippen LogP contribution < -0.4 is 10.5 Å². The average Bonchev–Trinajstić information content (AvgIpc) is 2.55. The smallest absolute Gasteiger partial charge is 0.238 e. The third-order valence-electron chi connectivity index (χ3n) is 3.73. The molecule has 0 aliphatic rings. The molecule has 0 saturated carbocycles. The summed E-state index contributed by atoms with van der Waals surface area (Å²) in [7, 11) is -3.84. The van der Waals surface area contributed by atoms with Crippen molar-refractivity contribution in [3.63, 3.8) is 0 Å². The van der Waals surface area contributed by atoms with Gasteiger partial charge < -0.3 is 10.4 Å². The highest BCUT2D eigenvalue weighted by molar-refractivity contribution is 7.89. The number of carbonyl (C=O) groups is 1. The average molecular weight is 366 g/mol. The normalized spacial score (nSPS) is 12.6. The molecule has 1 atom stereocenters. The van der Waals surface area contributed by atoms with E-state index in [0.717, 1.165) is 12.1 Å². The third-order valence-corrected chi connectivity index (χ3v) is 4.64. The van der Waals surface area contributed by atoms with Crippen LogP contribution in [0.25, 0.3) is 0 Å². The fourth-order valence-corrected chi connectivity index (χ4v) is 3.01. The van der Waals surface area contributed by atoms with Gasteiger partial charge in [-0.1, -0.05) is 19.1 Å². The van der Waals surface area contributed by atoms with Crippen LogP contribution in [0.4, 0.5) is 4.39 Å². The maximum absolute atomic E-state index is 13.2. The maximum Gasteiger partial charge on any atom is 0.238 e. The number of sulfonamides is 1. The first-order chi connectivity index (χ1) is 11.7. The van der Waals surface area contributed by atoms with Gasteiger partial charge in [0.05, 0.1) is 17.4 Å². The number of primary sulfonamides is 1. The first-order valence-electron chi connectivity index (χ1n) is 7.60. The highest BCUT2D eigenvalue weighted by Gasteiger charge is 2.17. The zero-order chi connectivity index (χ0) is 18.6. The van der Waals surface area contributed by atoms with Crippen LogP contribution in [-0.4, -0.2) is 19.4 Å². The molecule has 0 fully saturated rings. The topological polar surface area (TPSA) is 109 Å². The molecule has 0 bridgehead atoms. The molecular formula is C17H19FN2O4S. The molecule has 0 spiro atoms. The van der Waals surface area contributed by atoms with E-state index in [1.165, 1.54) is 18.2 Å². The second-order valence-electron chi connectivity index (χ2n) is 5.60. The lowest BCUT2D eigenvalue weighted by atomic mass is 10.0. The van der Waals surface area contributed by atoms with Crippen LogP contribution in [0.1, 0.15) is 30.5 Å². The predicted molar refractivity (Wildman–Crippen MR) is 90.8 cm³/mol. The quantitative estimate of drug-likeness (QED) is 0.726. The summed E-state index contributed by atoms with van der Waals surface area (Å²) in [4.78, 5) is 12.2. The van der Waals surface area contributed by atoms with Gasteiger partial charge in [-0.05, 0) is 42.3 Å². The Balaban J connectivity index is 2.16. The van der Waals surface area contributed by atoms with Crippen LogP contribution in [0.5, 0.6) is 5.75 Å². The second kappa shape index (κ2) is 7.62. The number of hydrogen-bond acceptors (Lipinski definition) is 4. The fourth-order valence-electron chi connectivity index (χ4n) is 2.44. The van der Waals surface area contributed by atoms with E-state index < -0.39 is 27.8 Å². The standard InChI is InChI=1S/C17H19FN2O4S/c1-2-15(11-4-3-5-14(9-11)25(19,23)24)20-17(22)10-12-8-13(18)6-7-16(12)21/h3-9,15,21H,2,10H2,1H3,(H,20,22)(H2,19,23,24). The van der Waals surface area contributed by atoms with Gasteiger partial charge in [0, 0.05) is 5.56 Å². The van der Waals surface area contributed by atoms with Crippen molar-refractivity contribution in [1.82, 2.24) is 5.32 Å². The Kier molecular flexibility index (Phi) is 5.76. The molecule has 0 aromatic heterocycles. The van der Waals surface area contributed by atoms with E-state index in [1.54, 1.807) is 12.1 Å². The molecule has 0 aliphatic carbocycles. The molecule has 2 aromatic rings. The molecule has 0 aliphatic heterocycles. The number of benzene rings is 2. The third kappa shape index (κ3) is 5.01. The Bertz CT molecular complexity index is 884. The number of halogens is 1. The predicted octanol–water partition coefficient (Wildman–Crippen LogP) is 1.99. The van der Waals surface area contributed by atoms with Gasteiger partial charge in [0.15, 0.2) is 0 Å². The second-order valence-corrected chi connectivity index (χ2v) is 7.16. The molecule has 134 valence electrons. The van der Waals surface area contributed by atoms with E-state index in [2.05, 4.69) is 5.32 Å². The highest BCUT2D eigenvalue weighted by Crippen LogP contribution is 2.22. The van der Waals surface area contributed by atoms with Crippen LogP contribution in [-0.2, 0) is 21.2 Å². The minimum atomic E-state index is -3.84. The summed E-state index contributed by atoms with van der Waals surface area (Å²) in [6.45, 7) is 1.83. The zero-order valence-electron chi connectivity index (χ0n) is 13.6. The van der Waals surface area contributed by atoms with Crippen molar-refractivity contribution in [1.29, 1.82) is 0 Å². The summed E-state index contributed by atoms with van der Waals surface area (Å²) < 4.78 is 36.1. The Morgan fingerprint density at radius 2 is 2.00 bits per heavy atom. The summed E-state index contributed by atoms with van der Waals surface area (Å²) in [6.07, 6.45) is 0.309. The van der Waals surface area contributed by atoms with Gasteiger partial charge in [0.1, 0.15) is 11.6 Å². The number of carbonyl (C=O) groups excluding carboxylic acids is 1. The summed E-state index contributed by atoms with van der Waals surface area (Å²) >= 11 is 0. The van der Waals surface area contributed by atoms with E-state index in [9.17, 15) is 22.7 Å². The van der Waals surface area contributed by atoms with Crippen molar-refractivity contribution in [2.75, 3.05) is 0 Å². The van der Waals surface area contributed by atoms with Crippen molar-refractivity contribution >= 4 is 15.9 Å². The Hall–Kier alpha value is -2.45. The maximum atomic E-state index is 13.2. The van der Waals surface area contributed by atoms with Crippen molar-refractivity contribution < 1.29 is 22.7 Å². The SMILES string of the molecule is CCC(NC(=O)Cc1cc(F)ccc1O)c1cccc(S(N)(=O)=O)c1. The van der Waals surface area contributed by atoms with Gasteiger partial charge in [-0.3, -0.25) is 4.79 Å². The molecular weight excluding hydrogens is 347 g/mol. The summed E-state index contributed by atoms with van der Waals surface area (Å²) in [5.41, 5.74) is 0.761. The van der Waals surface area contributed by atoms with E-state index in [4.69, 9.17) is 5.14 Å². The lowest BCUT2D eigenvalue weighted by molar-refractivity contribution is -0.121. The van der Waals surface area contributed by atoms with Crippen molar-refractivity contribution in [3.05, 3.63) is 59.4 Å². The largest absolute Gasteiger partial charge is 0.508 e. The van der Waals surface area contributed by atoms with Crippen LogP contribution in [0, 0.1) is 5.82 Å². The van der Waals surface area contributed by atoms with Crippen LogP contribution >= 0.6 is 0 Å². The molecule has 1 amide bonds. The minimum absolute atomic E-state index is 0.0412. The Labute approximate surface area is 145 Å². The molecule has 2 rings (SSSR count). The Morgan fingerprint density at radius 3 is 2.64 bits per heavy atom. The minimum Gasteiger partial charge on any atom is -0.508 e. The van der Waals surface area contributed by atoms with Crippen LogP contribution in [0.3, 0.4) is 0 Å². The first kappa shape index (κ1) is 18.9. The van der Waals surface area contributed by atoms with Crippen molar-refractivity contribution in [2.45, 2.75) is 30.7 Å². The Morgan fingerprint density at radius 1 is 1.28 bits per heavy atom. The van der Waals surface area contributed by atoms with E-state index in [-0.39, 0.29) is 22.6 Å². The number of phenols is 1. The molecule has 25 heavy (non-hydrogen) atoms. The number of hydrogen-bond donors (Lipinski definition) is 3. The lowest BCUT2D eigenvalue weighted by Crippen LogP contribution is -2.29. The van der Waals surface area contributed by atoms with Gasteiger partial charge in [-0.25, -0.2) is 17.9 Å². The highest BCUT2D eigenvalue weighted by atomic mass is 32.2. The summed E-state index contributed by atoms with van der Waals surface area (Å²) in [5.74, 6) is -1.14. The number of nitrogens with one attached hydrogen (secondary N) is 1. The van der Waals surface area contributed by atoms with Crippen molar-refractivity contribution in [3.8, 4) is 5.75 Å². The zero-order valence-corrected chi connectivity index (χ0v) is 14.4. The van der Waals surface area contributed by atoms with E-state index in [1.807, 2.05) is 6.92 Å². The van der Waals surface area contributed by atoms with Gasteiger partial charge in [-0.2, -0.15) is 0 Å². The monoisotopic (exact) mass is 366 g/mol. The van der Waals surface area contributed by atoms with Crippen LogP contribution in [0.15, 0.2) is 47.4 Å². The number of nitrogens with two attached hydrogens (primary N) is 1. The molecule has 0 heterocycles. The van der Waals surface area contributed by atoms with Gasteiger partial charge in [-0.15, -0.1) is 0 Å². The summed E-state index contributed by atoms with van der Waals surface area (Å²) in [5, 5.41) is 17.6. The van der Waals surface area contributed by atoms with Gasteiger partial charge >= 0.3 is 0 Å². The number of amides is 1. The summed E-state index contributed by atoms with van der Waals surface area (Å²) in [6, 6.07) is 8.95. The van der Waals surface area contributed by atoms with Gasteiger partial charge in [0.2, 0.25) is 15.9 Å². The molecule has 8 heteroatoms. The molecule has 1 unspecified atom stereocenters. The number of phenolic OH excluding ortho intramolecular Hbond substituents is 1. The van der Waals surface area contributed by atoms with Crippen LogP contribution in [0.2, 0.25) is 0 Å². The van der Waals surface area contributed by atoms with Crippen molar-refractivity contribution in [2.24, 2.45) is 5.14 Å². The first-order valence-corrected chi connectivity index (χ1v) is 9.15. The molecule has 0 saturated heterocycles. The molecule has 0 radical (unpaired) electrons.